The lowest BCUT2D eigenvalue weighted by Crippen LogP contribution is -2.47. The molecule has 0 saturated heterocycles. The van der Waals surface area contributed by atoms with Crippen molar-refractivity contribution in [1.82, 2.24) is 5.32 Å². The van der Waals surface area contributed by atoms with Crippen molar-refractivity contribution in [3.8, 4) is 17.6 Å². The van der Waals surface area contributed by atoms with Crippen LogP contribution < -0.4 is 14.8 Å². The monoisotopic (exact) mass is 312 g/mol. The van der Waals surface area contributed by atoms with Crippen LogP contribution in [0.1, 0.15) is 25.8 Å². The second kappa shape index (κ2) is 6.57. The Labute approximate surface area is 136 Å². The van der Waals surface area contributed by atoms with Gasteiger partial charge < -0.3 is 14.8 Å². The van der Waals surface area contributed by atoms with Gasteiger partial charge in [-0.25, -0.2) is 0 Å². The highest BCUT2D eigenvalue weighted by Crippen LogP contribution is 2.29. The molecule has 5 nitrogen and oxygen atoms in total. The van der Waals surface area contributed by atoms with E-state index in [4.69, 9.17) is 9.47 Å². The van der Waals surface area contributed by atoms with E-state index >= 15 is 0 Å². The molecular weight excluding hydrogens is 292 g/mol. The predicted molar refractivity (Wildman–Crippen MR) is 88.1 cm³/mol. The molecule has 2 rings (SSSR count). The zero-order valence-electron chi connectivity index (χ0n) is 13.8. The lowest BCUT2D eigenvalue weighted by Gasteiger charge is -2.31. The van der Waals surface area contributed by atoms with E-state index in [0.29, 0.717) is 17.9 Å². The molecule has 1 amide bonds. The Kier molecular flexibility index (Phi) is 4.75. The van der Waals surface area contributed by atoms with Gasteiger partial charge in [0.15, 0.2) is 11.5 Å². The second-order valence-electron chi connectivity index (χ2n) is 5.97. The molecule has 1 aliphatic rings. The van der Waals surface area contributed by atoms with Crippen LogP contribution in [0.4, 0.5) is 0 Å². The Morgan fingerprint density at radius 2 is 1.91 bits per heavy atom. The standard InChI is InChI=1S/C18H20N2O3/c1-18(2)10-13(14(11-19)17(21)20-18)7-5-12-6-8-15(22-3)16(9-12)23-4/h5-9H,10H2,1-4H3,(H,20,21)/b7-5+. The first-order chi connectivity index (χ1) is 10.9. The van der Waals surface area contributed by atoms with Gasteiger partial charge in [-0.15, -0.1) is 0 Å². The SMILES string of the molecule is COc1ccc(/C=C/C2=C(C#N)C(=O)NC(C)(C)C2)cc1OC. The number of nitriles is 1. The van der Waals surface area contributed by atoms with Crippen LogP contribution in [0.5, 0.6) is 11.5 Å². The normalized spacial score (nSPS) is 16.9. The van der Waals surface area contributed by atoms with Crippen molar-refractivity contribution >= 4 is 12.0 Å². The average molecular weight is 312 g/mol. The largest absolute Gasteiger partial charge is 0.493 e. The van der Waals surface area contributed by atoms with E-state index in [1.807, 2.05) is 50.3 Å². The lowest BCUT2D eigenvalue weighted by atomic mass is 9.87. The van der Waals surface area contributed by atoms with Crippen LogP contribution in [0.3, 0.4) is 0 Å². The quantitative estimate of drug-likeness (QED) is 0.928. The minimum atomic E-state index is -0.366. The molecule has 0 aliphatic carbocycles. The van der Waals surface area contributed by atoms with E-state index in [0.717, 1.165) is 11.1 Å². The molecule has 0 unspecified atom stereocenters. The van der Waals surface area contributed by atoms with Crippen molar-refractivity contribution in [2.45, 2.75) is 25.8 Å². The Hall–Kier alpha value is -2.74. The third-order valence-electron chi connectivity index (χ3n) is 3.63. The van der Waals surface area contributed by atoms with Gasteiger partial charge in [-0.2, -0.15) is 5.26 Å². The maximum Gasteiger partial charge on any atom is 0.262 e. The molecular formula is C18H20N2O3. The summed E-state index contributed by atoms with van der Waals surface area (Å²) in [5.74, 6) is 0.960. The summed E-state index contributed by atoms with van der Waals surface area (Å²) in [7, 11) is 3.16. The summed E-state index contributed by atoms with van der Waals surface area (Å²) in [6.07, 6.45) is 4.29. The van der Waals surface area contributed by atoms with Gasteiger partial charge in [0.05, 0.1) is 14.2 Å². The lowest BCUT2D eigenvalue weighted by molar-refractivity contribution is -0.119. The molecule has 1 heterocycles. The summed E-state index contributed by atoms with van der Waals surface area (Å²) in [6, 6.07) is 7.54. The number of hydrogen-bond donors (Lipinski definition) is 1. The molecule has 0 spiro atoms. The van der Waals surface area contributed by atoms with Gasteiger partial charge in [-0.3, -0.25) is 4.79 Å². The van der Waals surface area contributed by atoms with E-state index in [2.05, 4.69) is 5.32 Å². The van der Waals surface area contributed by atoms with Crippen LogP contribution >= 0.6 is 0 Å². The fourth-order valence-electron chi connectivity index (χ4n) is 2.54. The maximum atomic E-state index is 12.0. The van der Waals surface area contributed by atoms with E-state index in [1.165, 1.54) is 0 Å². The van der Waals surface area contributed by atoms with Crippen molar-refractivity contribution in [3.63, 3.8) is 0 Å². The van der Waals surface area contributed by atoms with Gasteiger partial charge >= 0.3 is 0 Å². The number of amides is 1. The number of rotatable bonds is 4. The van der Waals surface area contributed by atoms with Gasteiger partial charge in [-0.1, -0.05) is 18.2 Å². The number of nitrogens with zero attached hydrogens (tertiary/aromatic N) is 1. The van der Waals surface area contributed by atoms with E-state index < -0.39 is 0 Å². The van der Waals surface area contributed by atoms with Crippen molar-refractivity contribution in [1.29, 1.82) is 5.26 Å². The summed E-state index contributed by atoms with van der Waals surface area (Å²) >= 11 is 0. The summed E-state index contributed by atoms with van der Waals surface area (Å²) in [5, 5.41) is 12.0. The van der Waals surface area contributed by atoms with Crippen molar-refractivity contribution in [2.75, 3.05) is 14.2 Å². The maximum absolute atomic E-state index is 12.0. The molecule has 0 atom stereocenters. The predicted octanol–water partition coefficient (Wildman–Crippen LogP) is 2.84. The van der Waals surface area contributed by atoms with E-state index in [1.54, 1.807) is 14.2 Å². The molecule has 0 aromatic heterocycles. The highest BCUT2D eigenvalue weighted by molar-refractivity contribution is 6.00. The molecule has 0 saturated carbocycles. The van der Waals surface area contributed by atoms with Gasteiger partial charge in [-0.05, 0) is 43.5 Å². The highest BCUT2D eigenvalue weighted by atomic mass is 16.5. The molecule has 0 fully saturated rings. The summed E-state index contributed by atoms with van der Waals surface area (Å²) in [6.45, 7) is 3.87. The van der Waals surface area contributed by atoms with Crippen LogP contribution in [0, 0.1) is 11.3 Å². The van der Waals surface area contributed by atoms with Gasteiger partial charge in [0.2, 0.25) is 0 Å². The topological polar surface area (TPSA) is 71.3 Å². The number of nitrogens with one attached hydrogen (secondary N) is 1. The number of allylic oxidation sites excluding steroid dienone is 1. The Balaban J connectivity index is 2.35. The van der Waals surface area contributed by atoms with Gasteiger partial charge in [0.25, 0.3) is 5.91 Å². The number of ether oxygens (including phenoxy) is 2. The third-order valence-corrected chi connectivity index (χ3v) is 3.63. The molecule has 1 aliphatic heterocycles. The minimum Gasteiger partial charge on any atom is -0.493 e. The van der Waals surface area contributed by atoms with E-state index in [9.17, 15) is 10.1 Å². The summed E-state index contributed by atoms with van der Waals surface area (Å²) in [4.78, 5) is 12.0. The summed E-state index contributed by atoms with van der Waals surface area (Å²) in [5.41, 5.74) is 1.43. The number of carbonyl (C=O) groups is 1. The molecule has 5 heteroatoms. The fraction of sp³-hybridized carbons (Fsp3) is 0.333. The van der Waals surface area contributed by atoms with Crippen LogP contribution in [0.2, 0.25) is 0 Å². The van der Waals surface area contributed by atoms with Crippen molar-refractivity contribution < 1.29 is 14.3 Å². The first kappa shape index (κ1) is 16.6. The number of benzene rings is 1. The fourth-order valence-corrected chi connectivity index (χ4v) is 2.54. The molecule has 1 N–H and O–H groups in total. The average Bonchev–Trinajstić information content (AvgIpc) is 2.51. The second-order valence-corrected chi connectivity index (χ2v) is 5.97. The molecule has 23 heavy (non-hydrogen) atoms. The summed E-state index contributed by atoms with van der Waals surface area (Å²) < 4.78 is 10.5. The Morgan fingerprint density at radius 3 is 2.52 bits per heavy atom. The minimum absolute atomic E-state index is 0.168. The highest BCUT2D eigenvalue weighted by Gasteiger charge is 2.30. The van der Waals surface area contributed by atoms with Crippen LogP contribution in [0.15, 0.2) is 35.4 Å². The zero-order valence-corrected chi connectivity index (χ0v) is 13.8. The molecule has 1 aromatic rings. The van der Waals surface area contributed by atoms with E-state index in [-0.39, 0.29) is 17.0 Å². The number of carbonyl (C=O) groups excluding carboxylic acids is 1. The van der Waals surface area contributed by atoms with Gasteiger partial charge in [0.1, 0.15) is 11.6 Å². The van der Waals surface area contributed by atoms with Crippen LogP contribution in [-0.4, -0.2) is 25.7 Å². The smallest absolute Gasteiger partial charge is 0.262 e. The molecule has 120 valence electrons. The molecule has 0 bridgehead atoms. The number of hydrogen-bond acceptors (Lipinski definition) is 4. The van der Waals surface area contributed by atoms with Crippen molar-refractivity contribution in [3.05, 3.63) is 41.0 Å². The number of methoxy groups -OCH3 is 2. The Bertz CT molecular complexity index is 724. The first-order valence-corrected chi connectivity index (χ1v) is 7.26. The van der Waals surface area contributed by atoms with Crippen LogP contribution in [-0.2, 0) is 4.79 Å². The zero-order chi connectivity index (χ0) is 17.0. The molecule has 1 aromatic carbocycles. The van der Waals surface area contributed by atoms with Crippen LogP contribution in [0.25, 0.3) is 6.08 Å². The van der Waals surface area contributed by atoms with Crippen molar-refractivity contribution in [2.24, 2.45) is 0 Å². The molecule has 0 radical (unpaired) electrons. The van der Waals surface area contributed by atoms with Gasteiger partial charge in [0, 0.05) is 5.54 Å². The first-order valence-electron chi connectivity index (χ1n) is 7.26. The third kappa shape index (κ3) is 3.72. The Morgan fingerprint density at radius 1 is 1.22 bits per heavy atom.